The molecule has 186 valence electrons. The molecule has 0 saturated carbocycles. The molecular weight excluding hydrogens is 430 g/mol. The Bertz CT molecular complexity index is 859. The fraction of sp³-hybridized carbons (Fsp3) is 0.519. The fourth-order valence-electron chi connectivity index (χ4n) is 3.48. The molecule has 1 aromatic carbocycles. The summed E-state index contributed by atoms with van der Waals surface area (Å²) in [6.45, 7) is 8.18. The molecule has 0 bridgehead atoms. The minimum atomic E-state index is 0.494. The third-order valence-corrected chi connectivity index (χ3v) is 5.24. The predicted octanol–water partition coefficient (Wildman–Crippen LogP) is 6.22. The molecule has 7 nitrogen and oxygen atoms in total. The highest BCUT2D eigenvalue weighted by atomic mass is 16.6. The van der Waals surface area contributed by atoms with Crippen molar-refractivity contribution in [3.63, 3.8) is 0 Å². The number of rotatable bonds is 17. The molecule has 0 saturated heterocycles. The molecule has 0 atom stereocenters. The summed E-state index contributed by atoms with van der Waals surface area (Å²) in [5.74, 6) is 3.05. The third kappa shape index (κ3) is 10.7. The zero-order valence-electron chi connectivity index (χ0n) is 21.1. The second kappa shape index (κ2) is 16.5. The van der Waals surface area contributed by atoms with Crippen LogP contribution in [0.3, 0.4) is 0 Å². The molecule has 1 aromatic heterocycles. The number of hydrogen-bond donors (Lipinski definition) is 0. The molecule has 0 aliphatic rings. The van der Waals surface area contributed by atoms with Crippen LogP contribution < -0.4 is 14.2 Å². The molecule has 0 radical (unpaired) electrons. The number of unbranched alkanes of at least 4 members (excludes halogenated alkanes) is 6. The van der Waals surface area contributed by atoms with E-state index in [1.54, 1.807) is 12.4 Å². The van der Waals surface area contributed by atoms with Crippen LogP contribution in [0.2, 0.25) is 0 Å². The topological polar surface area (TPSA) is 75.1 Å². The normalized spacial score (nSPS) is 11.3. The van der Waals surface area contributed by atoms with Gasteiger partial charge < -0.3 is 19.0 Å². The largest absolute Gasteiger partial charge is 0.493 e. The van der Waals surface area contributed by atoms with E-state index in [1.165, 1.54) is 39.0 Å². The van der Waals surface area contributed by atoms with Crippen molar-refractivity contribution in [2.45, 2.75) is 65.7 Å². The van der Waals surface area contributed by atoms with Gasteiger partial charge in [-0.1, -0.05) is 49.4 Å². The number of allylic oxidation sites excluding steroid dienone is 1. The van der Waals surface area contributed by atoms with E-state index in [4.69, 9.17) is 14.2 Å². The fourth-order valence-corrected chi connectivity index (χ4v) is 3.48. The van der Waals surface area contributed by atoms with Crippen molar-refractivity contribution in [2.75, 3.05) is 26.9 Å². The number of aromatic nitrogens is 2. The molecule has 0 unspecified atom stereocenters. The number of benzene rings is 1. The van der Waals surface area contributed by atoms with Crippen LogP contribution in [0.4, 0.5) is 0 Å². The van der Waals surface area contributed by atoms with E-state index in [1.807, 2.05) is 19.1 Å². The summed E-state index contributed by atoms with van der Waals surface area (Å²) in [5, 5.41) is 3.63. The highest BCUT2D eigenvalue weighted by Gasteiger charge is 2.07. The first kappa shape index (κ1) is 27.2. The Morgan fingerprint density at radius 3 is 1.97 bits per heavy atom. The average molecular weight is 470 g/mol. The molecule has 0 spiro atoms. The first-order chi connectivity index (χ1) is 16.6. The maximum atomic E-state index is 6.07. The van der Waals surface area contributed by atoms with E-state index in [0.717, 1.165) is 48.5 Å². The summed E-state index contributed by atoms with van der Waals surface area (Å²) >= 11 is 0. The van der Waals surface area contributed by atoms with Gasteiger partial charge in [-0.25, -0.2) is 9.97 Å². The highest BCUT2D eigenvalue weighted by Crippen LogP contribution is 2.28. The monoisotopic (exact) mass is 469 g/mol. The van der Waals surface area contributed by atoms with Crippen molar-refractivity contribution < 1.29 is 19.0 Å². The number of nitrogens with zero attached hydrogens (tertiary/aromatic N) is 3. The van der Waals surface area contributed by atoms with Crippen LogP contribution in [0.15, 0.2) is 41.8 Å². The Balaban J connectivity index is 1.49. The lowest BCUT2D eigenvalue weighted by atomic mass is 10.1. The van der Waals surface area contributed by atoms with Crippen molar-refractivity contribution in [3.05, 3.63) is 53.6 Å². The minimum absolute atomic E-state index is 0.494. The smallest absolute Gasteiger partial charge is 0.174 e. The predicted molar refractivity (Wildman–Crippen MR) is 136 cm³/mol. The van der Waals surface area contributed by atoms with Gasteiger partial charge in [0.1, 0.15) is 31.4 Å². The molecule has 0 fully saturated rings. The van der Waals surface area contributed by atoms with Crippen LogP contribution in [-0.2, 0) is 4.84 Å². The van der Waals surface area contributed by atoms with Crippen LogP contribution in [0.25, 0.3) is 0 Å². The molecule has 1 heterocycles. The molecule has 0 amide bonds. The number of ether oxygens (including phenoxy) is 3. The summed E-state index contributed by atoms with van der Waals surface area (Å²) in [5.41, 5.74) is 2.25. The van der Waals surface area contributed by atoms with Gasteiger partial charge in [0.05, 0.1) is 25.6 Å². The highest BCUT2D eigenvalue weighted by molar-refractivity contribution is 5.73. The van der Waals surface area contributed by atoms with Crippen LogP contribution in [0, 0.1) is 13.8 Å². The molecule has 0 aliphatic carbocycles. The van der Waals surface area contributed by atoms with E-state index in [-0.39, 0.29) is 0 Å². The zero-order chi connectivity index (χ0) is 24.4. The minimum Gasteiger partial charge on any atom is -0.493 e. The van der Waals surface area contributed by atoms with E-state index in [9.17, 15) is 0 Å². The lowest BCUT2D eigenvalue weighted by molar-refractivity contribution is 0.215. The van der Waals surface area contributed by atoms with Gasteiger partial charge >= 0.3 is 0 Å². The molecule has 2 rings (SSSR count). The van der Waals surface area contributed by atoms with Crippen molar-refractivity contribution >= 4 is 6.21 Å². The summed E-state index contributed by atoms with van der Waals surface area (Å²) < 4.78 is 17.5. The lowest BCUT2D eigenvalue weighted by Gasteiger charge is -2.14. The number of aryl methyl sites for hydroxylation is 2. The van der Waals surface area contributed by atoms with Gasteiger partial charge in [0.2, 0.25) is 0 Å². The Hall–Kier alpha value is -3.09. The first-order valence-corrected chi connectivity index (χ1v) is 12.1. The second-order valence-corrected chi connectivity index (χ2v) is 8.13. The molecular formula is C27H39N3O4. The number of oxime groups is 1. The lowest BCUT2D eigenvalue weighted by Crippen LogP contribution is -2.02. The molecule has 2 aromatic rings. The summed E-state index contributed by atoms with van der Waals surface area (Å²) in [6, 6.07) is 4.10. The second-order valence-electron chi connectivity index (χ2n) is 8.13. The van der Waals surface area contributed by atoms with Crippen molar-refractivity contribution in [2.24, 2.45) is 5.16 Å². The van der Waals surface area contributed by atoms with Gasteiger partial charge in [-0.3, -0.25) is 0 Å². The van der Waals surface area contributed by atoms with Crippen LogP contribution in [-0.4, -0.2) is 43.1 Å². The summed E-state index contributed by atoms with van der Waals surface area (Å²) in [7, 11) is 1.48. The molecule has 0 N–H and O–H groups in total. The Morgan fingerprint density at radius 2 is 1.38 bits per heavy atom. The maximum Gasteiger partial charge on any atom is 0.174 e. The van der Waals surface area contributed by atoms with Crippen LogP contribution in [0.1, 0.15) is 68.8 Å². The van der Waals surface area contributed by atoms with E-state index < -0.39 is 0 Å². The van der Waals surface area contributed by atoms with E-state index >= 15 is 0 Å². The van der Waals surface area contributed by atoms with Gasteiger partial charge in [0.15, 0.2) is 11.6 Å². The summed E-state index contributed by atoms with van der Waals surface area (Å²) in [6.07, 6.45) is 16.9. The van der Waals surface area contributed by atoms with E-state index in [2.05, 4.69) is 45.9 Å². The van der Waals surface area contributed by atoms with Gasteiger partial charge in [0, 0.05) is 0 Å². The molecule has 34 heavy (non-hydrogen) atoms. The Kier molecular flexibility index (Phi) is 13.2. The maximum absolute atomic E-state index is 6.07. The Labute approximate surface area is 204 Å². The van der Waals surface area contributed by atoms with Gasteiger partial charge in [-0.2, -0.15) is 0 Å². The number of hydrogen-bond acceptors (Lipinski definition) is 7. The molecule has 0 aliphatic heterocycles. The van der Waals surface area contributed by atoms with Gasteiger partial charge in [-0.15, -0.1) is 0 Å². The zero-order valence-corrected chi connectivity index (χ0v) is 21.1. The SMILES string of the molecule is C/C=C/COc1cc(C)c(OCCCCCCCCCOc2cnc(/C=N/OC)nc2)c(C)c1. The standard InChI is InChI=1S/C27H39N3O4/c1-5-6-14-32-24-17-22(2)27(23(3)18-24)34-16-13-11-9-7-8-10-12-15-33-25-19-28-26(29-20-25)21-30-31-4/h5-6,17-21H,7-16H2,1-4H3/b6-5+,30-21+. The van der Waals surface area contributed by atoms with Gasteiger partial charge in [-0.05, 0) is 56.9 Å². The quantitative estimate of drug-likeness (QED) is 0.119. The van der Waals surface area contributed by atoms with E-state index in [0.29, 0.717) is 24.8 Å². The third-order valence-electron chi connectivity index (χ3n) is 5.24. The Morgan fingerprint density at radius 1 is 0.794 bits per heavy atom. The van der Waals surface area contributed by atoms with Crippen LogP contribution in [0.5, 0.6) is 17.2 Å². The van der Waals surface area contributed by atoms with Gasteiger partial charge in [0.25, 0.3) is 0 Å². The van der Waals surface area contributed by atoms with Crippen LogP contribution >= 0.6 is 0 Å². The summed E-state index contributed by atoms with van der Waals surface area (Å²) in [4.78, 5) is 12.9. The first-order valence-electron chi connectivity index (χ1n) is 12.1. The van der Waals surface area contributed by atoms with Crippen molar-refractivity contribution in [3.8, 4) is 17.2 Å². The van der Waals surface area contributed by atoms with Crippen molar-refractivity contribution in [1.82, 2.24) is 9.97 Å². The average Bonchev–Trinajstić information content (AvgIpc) is 2.83. The van der Waals surface area contributed by atoms with Crippen molar-refractivity contribution in [1.29, 1.82) is 0 Å². The molecule has 7 heteroatoms.